The largest absolute Gasteiger partial charge is 0.135 e. The Labute approximate surface area is 329 Å². The molecular formula is C55H36S. The van der Waals surface area contributed by atoms with Crippen LogP contribution in [0.3, 0.4) is 0 Å². The van der Waals surface area contributed by atoms with Gasteiger partial charge >= 0.3 is 0 Å². The summed E-state index contributed by atoms with van der Waals surface area (Å²) in [5.74, 6) is 0. The van der Waals surface area contributed by atoms with E-state index in [0.29, 0.717) is 0 Å². The topological polar surface area (TPSA) is 0 Å². The summed E-state index contributed by atoms with van der Waals surface area (Å²) >= 11 is 1.94. The van der Waals surface area contributed by atoms with Gasteiger partial charge in [-0.2, -0.15) is 0 Å². The van der Waals surface area contributed by atoms with Gasteiger partial charge in [0.1, 0.15) is 0 Å². The van der Waals surface area contributed by atoms with Crippen LogP contribution in [-0.4, -0.2) is 0 Å². The van der Waals surface area contributed by atoms with Gasteiger partial charge in [-0.05, 0) is 123 Å². The number of hydrogen-bond acceptors (Lipinski definition) is 1. The smallest absolute Gasteiger partial charge is 0.0433 e. The maximum absolute atomic E-state index is 2.49. The monoisotopic (exact) mass is 728 g/mol. The molecule has 0 fully saturated rings. The van der Waals surface area contributed by atoms with Crippen molar-refractivity contribution >= 4 is 74.6 Å². The van der Waals surface area contributed by atoms with Crippen LogP contribution < -0.4 is 0 Å². The molecule has 11 aromatic rings. The van der Waals surface area contributed by atoms with E-state index in [2.05, 4.69) is 196 Å². The van der Waals surface area contributed by atoms with Crippen molar-refractivity contribution in [2.75, 3.05) is 0 Å². The lowest BCUT2D eigenvalue weighted by Crippen LogP contribution is -2.14. The zero-order valence-electron chi connectivity index (χ0n) is 31.2. The van der Waals surface area contributed by atoms with Crippen molar-refractivity contribution in [3.63, 3.8) is 0 Å². The lowest BCUT2D eigenvalue weighted by atomic mass is 9.81. The minimum Gasteiger partial charge on any atom is -0.135 e. The summed E-state index contributed by atoms with van der Waals surface area (Å²) < 4.78 is 2.76. The number of fused-ring (bicyclic) bond motifs is 11. The first-order chi connectivity index (χ1) is 27.5. The van der Waals surface area contributed by atoms with Crippen molar-refractivity contribution in [3.05, 3.63) is 193 Å². The quantitative estimate of drug-likeness (QED) is 0.159. The third kappa shape index (κ3) is 4.47. The third-order valence-electron chi connectivity index (χ3n) is 12.6. The minimum atomic E-state index is -0.117. The van der Waals surface area contributed by atoms with E-state index in [1.807, 2.05) is 11.3 Å². The summed E-state index contributed by atoms with van der Waals surface area (Å²) in [4.78, 5) is 0. The molecule has 12 rings (SSSR count). The fourth-order valence-corrected chi connectivity index (χ4v) is 11.2. The van der Waals surface area contributed by atoms with Gasteiger partial charge in [-0.15, -0.1) is 11.3 Å². The molecule has 0 unspecified atom stereocenters. The minimum absolute atomic E-state index is 0.117. The SMILES string of the molecule is CC1(C)c2cc(-c3cccc(-c4c5ccccc5c(-c5cccc6ccccc56)c5ccccc45)c3)ccc2-c2cc3c(cc21)sc1c2ccccc2ccc31. The van der Waals surface area contributed by atoms with Crippen LogP contribution in [0.1, 0.15) is 25.0 Å². The van der Waals surface area contributed by atoms with Gasteiger partial charge in [0.2, 0.25) is 0 Å². The molecule has 1 heteroatoms. The molecule has 262 valence electrons. The second-order valence-electron chi connectivity index (χ2n) is 16.0. The van der Waals surface area contributed by atoms with Crippen molar-refractivity contribution in [2.24, 2.45) is 0 Å². The van der Waals surface area contributed by atoms with Crippen molar-refractivity contribution in [1.82, 2.24) is 0 Å². The molecule has 1 aliphatic rings. The van der Waals surface area contributed by atoms with E-state index >= 15 is 0 Å². The molecule has 0 aliphatic heterocycles. The van der Waals surface area contributed by atoms with Crippen LogP contribution in [0.15, 0.2) is 182 Å². The zero-order chi connectivity index (χ0) is 37.1. The fraction of sp³-hybridized carbons (Fsp3) is 0.0545. The van der Waals surface area contributed by atoms with Crippen molar-refractivity contribution in [1.29, 1.82) is 0 Å². The van der Waals surface area contributed by atoms with Crippen molar-refractivity contribution in [3.8, 4) is 44.5 Å². The first kappa shape index (κ1) is 31.8. The molecule has 1 aliphatic carbocycles. The number of benzene rings is 10. The van der Waals surface area contributed by atoms with Crippen LogP contribution in [0.5, 0.6) is 0 Å². The summed E-state index contributed by atoms with van der Waals surface area (Å²) in [6.45, 7) is 4.81. The highest BCUT2D eigenvalue weighted by Crippen LogP contribution is 2.53. The lowest BCUT2D eigenvalue weighted by molar-refractivity contribution is 0.661. The molecule has 10 aromatic carbocycles. The molecule has 0 amide bonds. The Morgan fingerprint density at radius 2 is 0.911 bits per heavy atom. The Bertz CT molecular complexity index is 3390. The van der Waals surface area contributed by atoms with Crippen LogP contribution in [0.2, 0.25) is 0 Å². The van der Waals surface area contributed by atoms with Gasteiger partial charge in [-0.3, -0.25) is 0 Å². The van der Waals surface area contributed by atoms with Gasteiger partial charge in [0.05, 0.1) is 0 Å². The Morgan fingerprint density at radius 3 is 1.66 bits per heavy atom. The summed E-state index contributed by atoms with van der Waals surface area (Å²) in [7, 11) is 0. The van der Waals surface area contributed by atoms with Gasteiger partial charge in [0.25, 0.3) is 0 Å². The normalized spacial score (nSPS) is 13.3. The molecule has 0 bridgehead atoms. The predicted molar refractivity (Wildman–Crippen MR) is 243 cm³/mol. The van der Waals surface area contributed by atoms with Crippen molar-refractivity contribution < 1.29 is 0 Å². The van der Waals surface area contributed by atoms with Gasteiger partial charge in [-0.1, -0.05) is 172 Å². The van der Waals surface area contributed by atoms with E-state index in [1.165, 1.54) is 119 Å². The molecule has 1 aromatic heterocycles. The van der Waals surface area contributed by atoms with Gasteiger partial charge < -0.3 is 0 Å². The Morgan fingerprint density at radius 1 is 0.339 bits per heavy atom. The summed E-state index contributed by atoms with van der Waals surface area (Å²) in [6.07, 6.45) is 0. The predicted octanol–water partition coefficient (Wildman–Crippen LogP) is 16.0. The molecule has 56 heavy (non-hydrogen) atoms. The Kier molecular flexibility index (Phi) is 6.66. The van der Waals surface area contributed by atoms with Crippen LogP contribution in [-0.2, 0) is 5.41 Å². The number of hydrogen-bond donors (Lipinski definition) is 0. The Balaban J connectivity index is 1.01. The van der Waals surface area contributed by atoms with E-state index in [0.717, 1.165) is 0 Å². The van der Waals surface area contributed by atoms with Gasteiger partial charge in [0, 0.05) is 25.6 Å². The summed E-state index contributed by atoms with van der Waals surface area (Å²) in [5.41, 5.74) is 13.0. The second kappa shape index (κ2) is 11.7. The molecule has 1 heterocycles. The molecule has 0 radical (unpaired) electrons. The van der Waals surface area contributed by atoms with E-state index in [-0.39, 0.29) is 5.41 Å². The molecule has 0 nitrogen and oxygen atoms in total. The first-order valence-electron chi connectivity index (χ1n) is 19.6. The van der Waals surface area contributed by atoms with Crippen LogP contribution >= 0.6 is 11.3 Å². The van der Waals surface area contributed by atoms with Crippen LogP contribution in [0, 0.1) is 0 Å². The first-order valence-corrected chi connectivity index (χ1v) is 20.4. The van der Waals surface area contributed by atoms with Crippen molar-refractivity contribution in [2.45, 2.75) is 19.3 Å². The number of thiophene rings is 1. The summed E-state index contributed by atoms with van der Waals surface area (Å²) in [6, 6.07) is 68.2. The highest BCUT2D eigenvalue weighted by Gasteiger charge is 2.36. The molecule has 0 atom stereocenters. The summed E-state index contributed by atoms with van der Waals surface area (Å²) in [5, 5.41) is 13.0. The van der Waals surface area contributed by atoms with Crippen LogP contribution in [0.4, 0.5) is 0 Å². The van der Waals surface area contributed by atoms with E-state index in [4.69, 9.17) is 0 Å². The molecule has 0 saturated heterocycles. The van der Waals surface area contributed by atoms with E-state index < -0.39 is 0 Å². The van der Waals surface area contributed by atoms with E-state index in [1.54, 1.807) is 0 Å². The molecule has 0 N–H and O–H groups in total. The van der Waals surface area contributed by atoms with Gasteiger partial charge in [-0.25, -0.2) is 0 Å². The lowest BCUT2D eigenvalue weighted by Gasteiger charge is -2.22. The van der Waals surface area contributed by atoms with Gasteiger partial charge in [0.15, 0.2) is 0 Å². The van der Waals surface area contributed by atoms with Crippen LogP contribution in [0.25, 0.3) is 108 Å². The number of rotatable bonds is 3. The highest BCUT2D eigenvalue weighted by atomic mass is 32.1. The second-order valence-corrected chi connectivity index (χ2v) is 17.0. The Hall–Kier alpha value is -6.54. The fourth-order valence-electron chi connectivity index (χ4n) is 9.94. The standard InChI is InChI=1S/C55H36S/c1-55(2)49-30-36(26-27-40(49)47-31-48-46-28-25-34-14-4-6-19-39(34)54(46)56-51(48)32-50(47)55)35-16-11-17-37(29-35)52-42-20-7-9-22-44(42)53(45-23-10-8-21-43(45)52)41-24-12-15-33-13-3-5-18-38(33)41/h3-32H,1-2H3. The average molecular weight is 729 g/mol. The maximum atomic E-state index is 2.49. The maximum Gasteiger partial charge on any atom is 0.0433 e. The zero-order valence-corrected chi connectivity index (χ0v) is 32.0. The molecule has 0 saturated carbocycles. The average Bonchev–Trinajstić information content (AvgIpc) is 3.73. The third-order valence-corrected chi connectivity index (χ3v) is 13.8. The molecule has 0 spiro atoms. The molecular weight excluding hydrogens is 693 g/mol. The van der Waals surface area contributed by atoms with E-state index in [9.17, 15) is 0 Å². The highest BCUT2D eigenvalue weighted by molar-refractivity contribution is 7.26.